The van der Waals surface area contributed by atoms with Gasteiger partial charge < -0.3 is 10.2 Å². The fourth-order valence-electron chi connectivity index (χ4n) is 8.74. The van der Waals surface area contributed by atoms with Gasteiger partial charge in [0, 0.05) is 0 Å². The van der Waals surface area contributed by atoms with Crippen LogP contribution in [0.2, 0.25) is 0 Å². The molecule has 166 valence electrons. The number of rotatable bonds is 5. The molecule has 0 amide bonds. The van der Waals surface area contributed by atoms with Gasteiger partial charge in [-0.1, -0.05) is 60.0 Å². The van der Waals surface area contributed by atoms with Crippen LogP contribution in [-0.2, 0) is 0 Å². The van der Waals surface area contributed by atoms with Crippen LogP contribution in [0.5, 0.6) is 0 Å². The highest BCUT2D eigenvalue weighted by Crippen LogP contribution is 2.67. The van der Waals surface area contributed by atoms with Crippen LogP contribution in [0.4, 0.5) is 0 Å². The molecule has 0 saturated heterocycles. The number of aliphatic hydroxyl groups excluding tert-OH is 2. The highest BCUT2D eigenvalue weighted by Gasteiger charge is 2.60. The first-order valence-electron chi connectivity index (χ1n) is 12.7. The fraction of sp³-hybridized carbons (Fsp3) is 0.926. The van der Waals surface area contributed by atoms with Gasteiger partial charge in [-0.2, -0.15) is 0 Å². The second-order valence-corrected chi connectivity index (χ2v) is 12.3. The summed E-state index contributed by atoms with van der Waals surface area (Å²) in [7, 11) is 0. The summed E-state index contributed by atoms with van der Waals surface area (Å²) in [5.41, 5.74) is 1.81. The quantitative estimate of drug-likeness (QED) is 0.525. The standard InChI is InChI=1S/C27H46O2/c1-17(2)7-6-8-18(3)20-11-12-21-19-9-10-23-25(29)24(28)14-16-27(23,5)22(19)13-15-26(20,21)4/h10,17-22,24-25,28-29H,6-9,11-16H2,1-5H3/t18-,19+,20+,21+,22-,24+,25+,26+,27+/m0/s1. The summed E-state index contributed by atoms with van der Waals surface area (Å²) >= 11 is 0. The summed E-state index contributed by atoms with van der Waals surface area (Å²) in [5, 5.41) is 20.9. The Balaban J connectivity index is 1.51. The third-order valence-corrected chi connectivity index (χ3v) is 10.4. The van der Waals surface area contributed by atoms with E-state index in [1.807, 2.05) is 0 Å². The Labute approximate surface area is 179 Å². The molecule has 4 aliphatic rings. The van der Waals surface area contributed by atoms with E-state index in [-0.39, 0.29) is 5.41 Å². The van der Waals surface area contributed by atoms with E-state index in [1.54, 1.807) is 0 Å². The van der Waals surface area contributed by atoms with E-state index in [1.165, 1.54) is 50.5 Å². The van der Waals surface area contributed by atoms with Crippen LogP contribution in [0.3, 0.4) is 0 Å². The molecule has 3 fully saturated rings. The van der Waals surface area contributed by atoms with E-state index in [2.05, 4.69) is 40.7 Å². The maximum atomic E-state index is 10.7. The first-order chi connectivity index (χ1) is 13.7. The molecule has 0 aliphatic heterocycles. The van der Waals surface area contributed by atoms with Gasteiger partial charge in [0.15, 0.2) is 0 Å². The molecule has 0 spiro atoms. The molecule has 0 unspecified atom stereocenters. The van der Waals surface area contributed by atoms with Crippen molar-refractivity contribution in [2.24, 2.45) is 46.3 Å². The molecule has 29 heavy (non-hydrogen) atoms. The van der Waals surface area contributed by atoms with Crippen LogP contribution in [0.1, 0.15) is 98.8 Å². The predicted molar refractivity (Wildman–Crippen MR) is 120 cm³/mol. The molecular weight excluding hydrogens is 356 g/mol. The molecule has 0 aromatic rings. The summed E-state index contributed by atoms with van der Waals surface area (Å²) in [4.78, 5) is 0. The minimum atomic E-state index is -0.625. The molecule has 0 bridgehead atoms. The molecule has 0 heterocycles. The predicted octanol–water partition coefficient (Wildman–Crippen LogP) is 6.36. The zero-order valence-corrected chi connectivity index (χ0v) is 19.7. The molecule has 2 N–H and O–H groups in total. The van der Waals surface area contributed by atoms with Crippen molar-refractivity contribution < 1.29 is 10.2 Å². The fourth-order valence-corrected chi connectivity index (χ4v) is 8.74. The second-order valence-electron chi connectivity index (χ2n) is 12.3. The van der Waals surface area contributed by atoms with Crippen LogP contribution in [-0.4, -0.2) is 22.4 Å². The Morgan fingerprint density at radius 2 is 1.72 bits per heavy atom. The van der Waals surface area contributed by atoms with E-state index < -0.39 is 12.2 Å². The Morgan fingerprint density at radius 3 is 2.45 bits per heavy atom. The van der Waals surface area contributed by atoms with Crippen molar-refractivity contribution in [1.29, 1.82) is 0 Å². The Hall–Kier alpha value is -0.340. The van der Waals surface area contributed by atoms with Crippen molar-refractivity contribution in [3.63, 3.8) is 0 Å². The van der Waals surface area contributed by atoms with Crippen LogP contribution in [0.15, 0.2) is 11.6 Å². The lowest BCUT2D eigenvalue weighted by Crippen LogP contribution is -2.53. The van der Waals surface area contributed by atoms with Gasteiger partial charge in [-0.3, -0.25) is 0 Å². The third-order valence-electron chi connectivity index (χ3n) is 10.4. The largest absolute Gasteiger partial charge is 0.390 e. The molecule has 2 nitrogen and oxygen atoms in total. The van der Waals surface area contributed by atoms with Crippen molar-refractivity contribution in [3.8, 4) is 0 Å². The first-order valence-corrected chi connectivity index (χ1v) is 12.7. The highest BCUT2D eigenvalue weighted by atomic mass is 16.3. The van der Waals surface area contributed by atoms with Crippen molar-refractivity contribution in [2.75, 3.05) is 0 Å². The van der Waals surface area contributed by atoms with Crippen LogP contribution in [0.25, 0.3) is 0 Å². The van der Waals surface area contributed by atoms with Gasteiger partial charge in [-0.15, -0.1) is 0 Å². The van der Waals surface area contributed by atoms with Gasteiger partial charge in [-0.05, 0) is 96.9 Å². The number of aliphatic hydroxyl groups is 2. The zero-order valence-electron chi connectivity index (χ0n) is 19.7. The molecule has 2 heteroatoms. The average Bonchev–Trinajstić information content (AvgIpc) is 3.02. The maximum absolute atomic E-state index is 10.7. The Morgan fingerprint density at radius 1 is 0.966 bits per heavy atom. The molecule has 0 radical (unpaired) electrons. The van der Waals surface area contributed by atoms with Gasteiger partial charge >= 0.3 is 0 Å². The van der Waals surface area contributed by atoms with Gasteiger partial charge in [-0.25, -0.2) is 0 Å². The molecule has 9 atom stereocenters. The van der Waals surface area contributed by atoms with E-state index in [0.717, 1.165) is 48.9 Å². The molecule has 3 saturated carbocycles. The van der Waals surface area contributed by atoms with Gasteiger partial charge in [0.2, 0.25) is 0 Å². The summed E-state index contributed by atoms with van der Waals surface area (Å²) in [6, 6.07) is 0. The topological polar surface area (TPSA) is 40.5 Å². The molecule has 4 aliphatic carbocycles. The lowest BCUT2D eigenvalue weighted by molar-refractivity contribution is -0.0801. The average molecular weight is 403 g/mol. The van der Waals surface area contributed by atoms with Crippen LogP contribution in [0, 0.1) is 46.3 Å². The van der Waals surface area contributed by atoms with E-state index in [9.17, 15) is 10.2 Å². The molecule has 4 rings (SSSR count). The van der Waals surface area contributed by atoms with Crippen molar-refractivity contribution in [1.82, 2.24) is 0 Å². The van der Waals surface area contributed by atoms with Gasteiger partial charge in [0.1, 0.15) is 6.10 Å². The SMILES string of the molecule is CC(C)CCC[C@H](C)[C@H]1CC[C@@H]2[C@H]3CC=C4[C@@H](O)[C@H](O)CC[C@]4(C)[C@H]3CC[C@@]21C. The van der Waals surface area contributed by atoms with E-state index >= 15 is 0 Å². The Kier molecular flexibility index (Phi) is 6.01. The third kappa shape index (κ3) is 3.55. The molecule has 0 aromatic carbocycles. The summed E-state index contributed by atoms with van der Waals surface area (Å²) < 4.78 is 0. The zero-order chi connectivity index (χ0) is 21.0. The molecule has 0 aromatic heterocycles. The summed E-state index contributed by atoms with van der Waals surface area (Å²) in [6.45, 7) is 12.3. The number of fused-ring (bicyclic) bond motifs is 5. The van der Waals surface area contributed by atoms with Crippen molar-refractivity contribution in [2.45, 2.75) is 111 Å². The lowest BCUT2D eigenvalue weighted by Gasteiger charge is -2.59. The smallest absolute Gasteiger partial charge is 0.101 e. The minimum Gasteiger partial charge on any atom is -0.390 e. The van der Waals surface area contributed by atoms with Crippen LogP contribution >= 0.6 is 0 Å². The Bertz CT molecular complexity index is 624. The molecular formula is C27H46O2. The lowest BCUT2D eigenvalue weighted by atomic mass is 9.46. The normalized spacial score (nSPS) is 47.9. The van der Waals surface area contributed by atoms with Crippen LogP contribution < -0.4 is 0 Å². The monoisotopic (exact) mass is 402 g/mol. The maximum Gasteiger partial charge on any atom is 0.101 e. The summed E-state index contributed by atoms with van der Waals surface area (Å²) in [5.74, 6) is 4.95. The number of allylic oxidation sites excluding steroid dienone is 1. The van der Waals surface area contributed by atoms with E-state index in [0.29, 0.717) is 11.3 Å². The summed E-state index contributed by atoms with van der Waals surface area (Å²) in [6.07, 6.45) is 13.9. The first kappa shape index (κ1) is 21.9. The van der Waals surface area contributed by atoms with Crippen molar-refractivity contribution >= 4 is 0 Å². The number of hydrogen-bond donors (Lipinski definition) is 2. The van der Waals surface area contributed by atoms with E-state index in [4.69, 9.17) is 0 Å². The van der Waals surface area contributed by atoms with Gasteiger partial charge in [0.25, 0.3) is 0 Å². The minimum absolute atomic E-state index is 0.115. The number of hydrogen-bond acceptors (Lipinski definition) is 2. The van der Waals surface area contributed by atoms with Crippen molar-refractivity contribution in [3.05, 3.63) is 11.6 Å². The highest BCUT2D eigenvalue weighted by molar-refractivity contribution is 5.29. The van der Waals surface area contributed by atoms with Gasteiger partial charge in [0.05, 0.1) is 6.10 Å². The second kappa shape index (κ2) is 7.97.